The van der Waals surface area contributed by atoms with Gasteiger partial charge >= 0.3 is 0 Å². The molecule has 0 amide bonds. The van der Waals surface area contributed by atoms with Crippen molar-refractivity contribution < 1.29 is 14.6 Å². The first kappa shape index (κ1) is 24.3. The SMILES string of the molecule is CCn1c(C)c(C(C)=O)c2cc(OC[C@@H](O)CN(C3CCCCC3)C3CCCCC3)ccc21. The van der Waals surface area contributed by atoms with Gasteiger partial charge in [0.15, 0.2) is 5.78 Å². The summed E-state index contributed by atoms with van der Waals surface area (Å²) >= 11 is 0. The highest BCUT2D eigenvalue weighted by Gasteiger charge is 2.30. The number of fused-ring (bicyclic) bond motifs is 1. The number of aryl methyl sites for hydroxylation is 1. The van der Waals surface area contributed by atoms with Crippen molar-refractivity contribution in [2.75, 3.05) is 13.2 Å². The number of carbonyl (C=O) groups is 1. The quantitative estimate of drug-likeness (QED) is 0.481. The van der Waals surface area contributed by atoms with Gasteiger partial charge in [0.2, 0.25) is 0 Å². The summed E-state index contributed by atoms with van der Waals surface area (Å²) in [4.78, 5) is 14.9. The van der Waals surface area contributed by atoms with E-state index in [0.717, 1.165) is 34.5 Å². The molecule has 0 spiro atoms. The van der Waals surface area contributed by atoms with Gasteiger partial charge in [-0.25, -0.2) is 0 Å². The molecule has 0 radical (unpaired) electrons. The fourth-order valence-electron chi connectivity index (χ4n) is 6.31. The second-order valence-corrected chi connectivity index (χ2v) is 10.2. The number of aliphatic hydroxyl groups is 1. The molecule has 5 nitrogen and oxygen atoms in total. The van der Waals surface area contributed by atoms with E-state index in [9.17, 15) is 9.90 Å². The lowest BCUT2D eigenvalue weighted by Gasteiger charge is -2.42. The van der Waals surface area contributed by atoms with Crippen molar-refractivity contribution >= 4 is 16.7 Å². The number of carbonyl (C=O) groups excluding carboxylic acids is 1. The lowest BCUT2D eigenvalue weighted by molar-refractivity contribution is 0.0118. The van der Waals surface area contributed by atoms with Gasteiger partial charge in [-0.1, -0.05) is 38.5 Å². The predicted molar refractivity (Wildman–Crippen MR) is 134 cm³/mol. The Morgan fingerprint density at radius 1 is 1.09 bits per heavy atom. The molecule has 2 aliphatic carbocycles. The second-order valence-electron chi connectivity index (χ2n) is 10.2. The Balaban J connectivity index is 1.45. The van der Waals surface area contributed by atoms with Gasteiger partial charge in [0.1, 0.15) is 18.5 Å². The van der Waals surface area contributed by atoms with Crippen LogP contribution in [0, 0.1) is 6.92 Å². The topological polar surface area (TPSA) is 54.7 Å². The summed E-state index contributed by atoms with van der Waals surface area (Å²) in [7, 11) is 0. The van der Waals surface area contributed by atoms with E-state index in [1.54, 1.807) is 6.92 Å². The fourth-order valence-corrected chi connectivity index (χ4v) is 6.31. The molecule has 1 heterocycles. The van der Waals surface area contributed by atoms with E-state index in [1.165, 1.54) is 64.2 Å². The molecule has 2 fully saturated rings. The maximum absolute atomic E-state index is 12.3. The minimum Gasteiger partial charge on any atom is -0.491 e. The van der Waals surface area contributed by atoms with Crippen molar-refractivity contribution in [3.63, 3.8) is 0 Å². The van der Waals surface area contributed by atoms with Gasteiger partial charge in [0.05, 0.1) is 0 Å². The highest BCUT2D eigenvalue weighted by Crippen LogP contribution is 2.32. The third kappa shape index (κ3) is 5.46. The number of nitrogens with zero attached hydrogens (tertiary/aromatic N) is 2. The molecule has 1 aromatic carbocycles. The summed E-state index contributed by atoms with van der Waals surface area (Å²) < 4.78 is 8.25. The molecule has 2 aliphatic rings. The zero-order valence-corrected chi connectivity index (χ0v) is 20.8. The normalized spacial score (nSPS) is 19.3. The van der Waals surface area contributed by atoms with Gasteiger partial charge in [-0.05, 0) is 64.7 Å². The number of rotatable bonds is 9. The Morgan fingerprint density at radius 2 is 1.70 bits per heavy atom. The minimum absolute atomic E-state index is 0.0810. The third-order valence-corrected chi connectivity index (χ3v) is 7.91. The van der Waals surface area contributed by atoms with Crippen LogP contribution in [0.5, 0.6) is 5.75 Å². The van der Waals surface area contributed by atoms with E-state index in [-0.39, 0.29) is 12.4 Å². The van der Waals surface area contributed by atoms with Crippen LogP contribution < -0.4 is 4.74 Å². The minimum atomic E-state index is -0.515. The summed E-state index contributed by atoms with van der Waals surface area (Å²) in [6, 6.07) is 7.20. The zero-order chi connectivity index (χ0) is 23.4. The molecule has 1 aromatic heterocycles. The molecule has 2 saturated carbocycles. The molecule has 0 unspecified atom stereocenters. The largest absolute Gasteiger partial charge is 0.491 e. The van der Waals surface area contributed by atoms with Crippen molar-refractivity contribution in [2.45, 2.75) is 110 Å². The van der Waals surface area contributed by atoms with E-state index in [1.807, 2.05) is 25.1 Å². The molecular formula is C28H42N2O3. The molecule has 1 atom stereocenters. The van der Waals surface area contributed by atoms with Crippen LogP contribution in [0.2, 0.25) is 0 Å². The summed E-state index contributed by atoms with van der Waals surface area (Å²) in [5, 5.41) is 11.9. The first-order valence-electron chi connectivity index (χ1n) is 13.2. The van der Waals surface area contributed by atoms with E-state index in [0.29, 0.717) is 18.6 Å². The average Bonchev–Trinajstić information content (AvgIpc) is 3.12. The molecule has 0 saturated heterocycles. The number of hydrogen-bond acceptors (Lipinski definition) is 4. The number of ether oxygens (including phenoxy) is 1. The van der Waals surface area contributed by atoms with E-state index in [4.69, 9.17) is 4.74 Å². The van der Waals surface area contributed by atoms with E-state index >= 15 is 0 Å². The Bertz CT molecular complexity index is 920. The Morgan fingerprint density at radius 3 is 2.24 bits per heavy atom. The molecular weight excluding hydrogens is 412 g/mol. The van der Waals surface area contributed by atoms with Crippen molar-refractivity contribution in [3.05, 3.63) is 29.5 Å². The average molecular weight is 455 g/mol. The summed E-state index contributed by atoms with van der Waals surface area (Å²) in [5.41, 5.74) is 2.85. The molecule has 4 rings (SSSR count). The number of hydrogen-bond donors (Lipinski definition) is 1. The predicted octanol–water partition coefficient (Wildman–Crippen LogP) is 5.88. The van der Waals surface area contributed by atoms with Crippen LogP contribution in [0.3, 0.4) is 0 Å². The molecule has 5 heteroatoms. The van der Waals surface area contributed by atoms with Gasteiger partial charge < -0.3 is 14.4 Å². The van der Waals surface area contributed by atoms with Crippen LogP contribution in [0.1, 0.15) is 94.1 Å². The maximum atomic E-state index is 12.3. The first-order valence-corrected chi connectivity index (χ1v) is 13.2. The van der Waals surface area contributed by atoms with Crippen LogP contribution in [-0.2, 0) is 6.54 Å². The third-order valence-electron chi connectivity index (χ3n) is 7.91. The van der Waals surface area contributed by atoms with Crippen LogP contribution in [0.25, 0.3) is 10.9 Å². The number of aliphatic hydroxyl groups excluding tert-OH is 1. The number of Topliss-reactive ketones (excluding diaryl/α,β-unsaturated/α-hetero) is 1. The van der Waals surface area contributed by atoms with Gasteiger partial charge in [-0.3, -0.25) is 9.69 Å². The molecule has 182 valence electrons. The number of ketones is 1. The molecule has 0 bridgehead atoms. The Labute approximate surface area is 199 Å². The van der Waals surface area contributed by atoms with E-state index < -0.39 is 6.10 Å². The lowest BCUT2D eigenvalue weighted by atomic mass is 9.88. The molecule has 1 N–H and O–H groups in total. The highest BCUT2D eigenvalue weighted by atomic mass is 16.5. The van der Waals surface area contributed by atoms with Crippen LogP contribution >= 0.6 is 0 Å². The van der Waals surface area contributed by atoms with Crippen molar-refractivity contribution in [3.8, 4) is 5.75 Å². The van der Waals surface area contributed by atoms with Crippen molar-refractivity contribution in [1.82, 2.24) is 9.47 Å². The monoisotopic (exact) mass is 454 g/mol. The van der Waals surface area contributed by atoms with Gasteiger partial charge in [-0.2, -0.15) is 0 Å². The van der Waals surface area contributed by atoms with Gasteiger partial charge in [-0.15, -0.1) is 0 Å². The van der Waals surface area contributed by atoms with Crippen LogP contribution in [0.4, 0.5) is 0 Å². The Hall–Kier alpha value is -1.85. The maximum Gasteiger partial charge on any atom is 0.162 e. The van der Waals surface area contributed by atoms with Crippen molar-refractivity contribution in [1.29, 1.82) is 0 Å². The lowest BCUT2D eigenvalue weighted by Crippen LogP contribution is -2.49. The van der Waals surface area contributed by atoms with Crippen molar-refractivity contribution in [2.24, 2.45) is 0 Å². The zero-order valence-electron chi connectivity index (χ0n) is 20.8. The number of benzene rings is 1. The second kappa shape index (κ2) is 11.1. The Kier molecular flexibility index (Phi) is 8.13. The molecule has 33 heavy (non-hydrogen) atoms. The van der Waals surface area contributed by atoms with Crippen LogP contribution in [0.15, 0.2) is 18.2 Å². The summed E-state index contributed by atoms with van der Waals surface area (Å²) in [6.45, 7) is 7.54. The fraction of sp³-hybridized carbons (Fsp3) is 0.679. The first-order chi connectivity index (χ1) is 16.0. The smallest absolute Gasteiger partial charge is 0.162 e. The van der Waals surface area contributed by atoms with Gasteiger partial charge in [0, 0.05) is 47.3 Å². The molecule has 0 aliphatic heterocycles. The standard InChI is InChI=1S/C28H42N2O3/c1-4-29-20(2)28(21(3)31)26-17-25(15-16-27(26)29)33-19-24(32)18-30(22-11-7-5-8-12-22)23-13-9-6-10-14-23/h15-17,22-24,32H,4-14,18-19H2,1-3H3/t24-/m0/s1. The summed E-state index contributed by atoms with van der Waals surface area (Å²) in [6.07, 6.45) is 12.5. The highest BCUT2D eigenvalue weighted by molar-refractivity contribution is 6.08. The molecule has 2 aromatic rings. The number of aromatic nitrogens is 1. The van der Waals surface area contributed by atoms with Gasteiger partial charge in [0.25, 0.3) is 0 Å². The summed E-state index contributed by atoms with van der Waals surface area (Å²) in [5.74, 6) is 0.802. The van der Waals surface area contributed by atoms with Crippen LogP contribution in [-0.4, -0.2) is 51.7 Å². The van der Waals surface area contributed by atoms with E-state index in [2.05, 4.69) is 16.4 Å².